The Hall–Kier alpha value is -1.95. The molecular weight excluding hydrogens is 228 g/mol. The summed E-state index contributed by atoms with van der Waals surface area (Å²) >= 11 is 0. The monoisotopic (exact) mass is 246 g/mol. The lowest BCUT2D eigenvalue weighted by molar-refractivity contribution is -0.141. The van der Waals surface area contributed by atoms with Gasteiger partial charge in [-0.05, 0) is 31.4 Å². The first-order valence-electron chi connectivity index (χ1n) is 5.93. The highest BCUT2D eigenvalue weighted by atomic mass is 16.5. The molecule has 3 heteroatoms. The lowest BCUT2D eigenvalue weighted by Crippen LogP contribution is -2.16. The van der Waals surface area contributed by atoms with Crippen LogP contribution in [0.5, 0.6) is 5.75 Å². The van der Waals surface area contributed by atoms with E-state index in [2.05, 4.69) is 11.8 Å². The standard InChI is InChI=1S/C15H18O3/c1-3-4-5-9-13(15(16)17)11-12-8-6-7-10-14(12)18-2/h6-8,10,13H,5,9,11H2,1-2H3,(H,16,17). The van der Waals surface area contributed by atoms with Crippen LogP contribution in [0.15, 0.2) is 24.3 Å². The third kappa shape index (κ3) is 4.14. The number of carbonyl (C=O) groups is 1. The number of carboxylic acid groups (broad SMARTS) is 1. The van der Waals surface area contributed by atoms with E-state index in [0.717, 1.165) is 11.3 Å². The second kappa shape index (κ2) is 7.39. The molecule has 1 rings (SSSR count). The second-order valence-corrected chi connectivity index (χ2v) is 4.02. The smallest absolute Gasteiger partial charge is 0.306 e. The Morgan fingerprint density at radius 3 is 2.78 bits per heavy atom. The summed E-state index contributed by atoms with van der Waals surface area (Å²) in [6, 6.07) is 7.52. The number of hydrogen-bond acceptors (Lipinski definition) is 2. The van der Waals surface area contributed by atoms with Crippen molar-refractivity contribution in [3.63, 3.8) is 0 Å². The molecule has 0 aliphatic heterocycles. The van der Waals surface area contributed by atoms with Gasteiger partial charge in [0.1, 0.15) is 5.75 Å². The van der Waals surface area contributed by atoms with Gasteiger partial charge >= 0.3 is 5.97 Å². The zero-order valence-electron chi connectivity index (χ0n) is 10.8. The minimum atomic E-state index is -0.779. The quantitative estimate of drug-likeness (QED) is 0.785. The fraction of sp³-hybridized carbons (Fsp3) is 0.400. The van der Waals surface area contributed by atoms with Gasteiger partial charge in [0.15, 0.2) is 0 Å². The Kier molecular flexibility index (Phi) is 5.79. The van der Waals surface area contributed by atoms with Gasteiger partial charge in [-0.3, -0.25) is 4.79 Å². The third-order valence-electron chi connectivity index (χ3n) is 2.80. The van der Waals surface area contributed by atoms with Gasteiger partial charge in [-0.1, -0.05) is 18.2 Å². The molecule has 0 amide bonds. The molecule has 0 saturated carbocycles. The molecule has 1 aromatic carbocycles. The van der Waals surface area contributed by atoms with Crippen molar-refractivity contribution in [1.82, 2.24) is 0 Å². The Morgan fingerprint density at radius 1 is 1.44 bits per heavy atom. The number of hydrogen-bond donors (Lipinski definition) is 1. The predicted molar refractivity (Wildman–Crippen MR) is 70.5 cm³/mol. The molecule has 1 unspecified atom stereocenters. The summed E-state index contributed by atoms with van der Waals surface area (Å²) in [5.74, 6) is 5.23. The average molecular weight is 246 g/mol. The Morgan fingerprint density at radius 2 is 2.17 bits per heavy atom. The van der Waals surface area contributed by atoms with E-state index >= 15 is 0 Å². The number of rotatable bonds is 6. The number of ether oxygens (including phenoxy) is 1. The molecule has 0 fully saturated rings. The van der Waals surface area contributed by atoms with Crippen LogP contribution in [-0.4, -0.2) is 18.2 Å². The maximum Gasteiger partial charge on any atom is 0.306 e. The minimum Gasteiger partial charge on any atom is -0.496 e. The molecule has 1 N–H and O–H groups in total. The van der Waals surface area contributed by atoms with Crippen molar-refractivity contribution in [2.24, 2.45) is 5.92 Å². The van der Waals surface area contributed by atoms with Crippen LogP contribution >= 0.6 is 0 Å². The highest BCUT2D eigenvalue weighted by Crippen LogP contribution is 2.23. The first-order chi connectivity index (χ1) is 8.69. The van der Waals surface area contributed by atoms with Crippen molar-refractivity contribution in [2.75, 3.05) is 7.11 Å². The average Bonchev–Trinajstić information content (AvgIpc) is 2.38. The van der Waals surface area contributed by atoms with Crippen molar-refractivity contribution in [3.05, 3.63) is 29.8 Å². The fourth-order valence-corrected chi connectivity index (χ4v) is 1.82. The van der Waals surface area contributed by atoms with Gasteiger partial charge in [-0.25, -0.2) is 0 Å². The Bertz CT molecular complexity index is 454. The van der Waals surface area contributed by atoms with E-state index < -0.39 is 11.9 Å². The van der Waals surface area contributed by atoms with E-state index in [1.807, 2.05) is 24.3 Å². The number of benzene rings is 1. The molecule has 1 aromatic rings. The lowest BCUT2D eigenvalue weighted by Gasteiger charge is -2.13. The van der Waals surface area contributed by atoms with Gasteiger partial charge in [0.05, 0.1) is 13.0 Å². The summed E-state index contributed by atoms with van der Waals surface area (Å²) in [7, 11) is 1.59. The van der Waals surface area contributed by atoms with E-state index in [-0.39, 0.29) is 0 Å². The normalized spacial score (nSPS) is 11.2. The maximum atomic E-state index is 11.2. The van der Waals surface area contributed by atoms with Crippen LogP contribution in [0, 0.1) is 17.8 Å². The molecule has 0 saturated heterocycles. The van der Waals surface area contributed by atoms with E-state index in [0.29, 0.717) is 19.3 Å². The molecule has 0 bridgehead atoms. The van der Waals surface area contributed by atoms with Crippen LogP contribution in [0.2, 0.25) is 0 Å². The van der Waals surface area contributed by atoms with Crippen LogP contribution in [-0.2, 0) is 11.2 Å². The predicted octanol–water partition coefficient (Wildman–Crippen LogP) is 2.74. The van der Waals surface area contributed by atoms with Crippen molar-refractivity contribution >= 4 is 5.97 Å². The molecule has 18 heavy (non-hydrogen) atoms. The highest BCUT2D eigenvalue weighted by molar-refractivity contribution is 5.70. The van der Waals surface area contributed by atoms with Crippen molar-refractivity contribution < 1.29 is 14.6 Å². The molecule has 0 heterocycles. The first kappa shape index (κ1) is 14.1. The van der Waals surface area contributed by atoms with E-state index in [4.69, 9.17) is 4.74 Å². The minimum absolute atomic E-state index is 0.415. The summed E-state index contributed by atoms with van der Waals surface area (Å²) in [6.07, 6.45) is 1.65. The van der Waals surface area contributed by atoms with Crippen LogP contribution in [0.25, 0.3) is 0 Å². The summed E-state index contributed by atoms with van der Waals surface area (Å²) < 4.78 is 5.23. The molecule has 0 spiro atoms. The molecule has 0 radical (unpaired) electrons. The Balaban J connectivity index is 2.75. The number of methoxy groups -OCH3 is 1. The first-order valence-corrected chi connectivity index (χ1v) is 5.93. The Labute approximate surface area is 108 Å². The number of carboxylic acids is 1. The summed E-state index contributed by atoms with van der Waals surface area (Å²) in [5.41, 5.74) is 0.928. The van der Waals surface area contributed by atoms with Crippen LogP contribution in [0.4, 0.5) is 0 Å². The van der Waals surface area contributed by atoms with Gasteiger partial charge in [-0.15, -0.1) is 11.8 Å². The van der Waals surface area contributed by atoms with E-state index in [9.17, 15) is 9.90 Å². The summed E-state index contributed by atoms with van der Waals surface area (Å²) in [4.78, 5) is 11.2. The number of para-hydroxylation sites is 1. The molecule has 3 nitrogen and oxygen atoms in total. The molecule has 0 aliphatic rings. The third-order valence-corrected chi connectivity index (χ3v) is 2.80. The molecule has 1 atom stereocenters. The largest absolute Gasteiger partial charge is 0.496 e. The molecule has 0 aliphatic carbocycles. The van der Waals surface area contributed by atoms with Gasteiger partial charge in [-0.2, -0.15) is 0 Å². The van der Waals surface area contributed by atoms with Crippen LogP contribution < -0.4 is 4.74 Å². The van der Waals surface area contributed by atoms with Crippen molar-refractivity contribution in [3.8, 4) is 17.6 Å². The molecule has 96 valence electrons. The second-order valence-electron chi connectivity index (χ2n) is 4.02. The summed E-state index contributed by atoms with van der Waals surface area (Å²) in [5, 5.41) is 9.21. The molecular formula is C15H18O3. The van der Waals surface area contributed by atoms with Gasteiger partial charge in [0.25, 0.3) is 0 Å². The van der Waals surface area contributed by atoms with Crippen LogP contribution in [0.1, 0.15) is 25.3 Å². The van der Waals surface area contributed by atoms with Gasteiger partial charge < -0.3 is 9.84 Å². The maximum absolute atomic E-state index is 11.2. The van der Waals surface area contributed by atoms with Crippen molar-refractivity contribution in [2.45, 2.75) is 26.2 Å². The molecule has 0 aromatic heterocycles. The van der Waals surface area contributed by atoms with Crippen LogP contribution in [0.3, 0.4) is 0 Å². The van der Waals surface area contributed by atoms with Crippen molar-refractivity contribution in [1.29, 1.82) is 0 Å². The SMILES string of the molecule is CC#CCCC(Cc1ccccc1OC)C(=O)O. The van der Waals surface area contributed by atoms with E-state index in [1.165, 1.54) is 0 Å². The topological polar surface area (TPSA) is 46.5 Å². The van der Waals surface area contributed by atoms with Gasteiger partial charge in [0, 0.05) is 6.42 Å². The highest BCUT2D eigenvalue weighted by Gasteiger charge is 2.18. The fourth-order valence-electron chi connectivity index (χ4n) is 1.82. The zero-order chi connectivity index (χ0) is 13.4. The van der Waals surface area contributed by atoms with Gasteiger partial charge in [0.2, 0.25) is 0 Å². The zero-order valence-corrected chi connectivity index (χ0v) is 10.8. The number of aliphatic carboxylic acids is 1. The lowest BCUT2D eigenvalue weighted by atomic mass is 9.94. The summed E-state index contributed by atoms with van der Waals surface area (Å²) in [6.45, 7) is 1.76. The van der Waals surface area contributed by atoms with E-state index in [1.54, 1.807) is 14.0 Å².